The smallest absolute Gasteiger partial charge is 0.350 e. The van der Waals surface area contributed by atoms with Gasteiger partial charge < -0.3 is 10.6 Å². The molecule has 0 radical (unpaired) electrons. The molecule has 0 fully saturated rings. The van der Waals surface area contributed by atoms with E-state index in [1.165, 1.54) is 18.3 Å². The van der Waals surface area contributed by atoms with Crippen LogP contribution in [0.2, 0.25) is 10.0 Å². The maximum Gasteiger partial charge on any atom is 0.435 e. The Kier molecular flexibility index (Phi) is 6.92. The lowest BCUT2D eigenvalue weighted by molar-refractivity contribution is -0.141. The average Bonchev–Trinajstić information content (AvgIpc) is 3.26. The van der Waals surface area contributed by atoms with Crippen molar-refractivity contribution in [2.45, 2.75) is 26.1 Å². The summed E-state index contributed by atoms with van der Waals surface area (Å²) >= 11 is 12.7. The molecule has 186 valence electrons. The van der Waals surface area contributed by atoms with Gasteiger partial charge in [0, 0.05) is 23.7 Å². The molecule has 0 unspecified atom stereocenters. The molecule has 0 aliphatic rings. The van der Waals surface area contributed by atoms with Gasteiger partial charge in [-0.3, -0.25) is 9.59 Å². The van der Waals surface area contributed by atoms with E-state index < -0.39 is 29.4 Å². The highest BCUT2D eigenvalue weighted by molar-refractivity contribution is 6.40. The third kappa shape index (κ3) is 5.00. The van der Waals surface area contributed by atoms with E-state index >= 15 is 0 Å². The fraction of sp³-hybridized carbons (Fsp3) is 0.167. The lowest BCUT2D eigenvalue weighted by atomic mass is 10.0. The Balaban J connectivity index is 1.86. The average molecular weight is 536 g/mol. The third-order valence-electron chi connectivity index (χ3n) is 5.06. The van der Waals surface area contributed by atoms with Crippen LogP contribution in [0.15, 0.2) is 54.7 Å². The number of alkyl halides is 3. The second-order valence-electron chi connectivity index (χ2n) is 8.05. The number of pyridine rings is 1. The Morgan fingerprint density at radius 1 is 1.03 bits per heavy atom. The topological polar surface area (TPSA) is 88.9 Å². The predicted octanol–water partition coefficient (Wildman–Crippen LogP) is 6.14. The van der Waals surface area contributed by atoms with Crippen molar-refractivity contribution in [1.29, 1.82) is 0 Å². The molecule has 2 aromatic heterocycles. The molecule has 7 nitrogen and oxygen atoms in total. The minimum absolute atomic E-state index is 0.0240. The van der Waals surface area contributed by atoms with Gasteiger partial charge in [-0.05, 0) is 37.4 Å². The lowest BCUT2D eigenvalue weighted by Crippen LogP contribution is -2.31. The minimum atomic E-state index is -4.84. The number of benzene rings is 2. The molecular weight excluding hydrogens is 518 g/mol. The Labute approximate surface area is 213 Å². The molecule has 0 saturated heterocycles. The first-order valence-corrected chi connectivity index (χ1v) is 11.3. The van der Waals surface area contributed by atoms with Gasteiger partial charge in [0.1, 0.15) is 5.69 Å². The van der Waals surface area contributed by atoms with Crippen molar-refractivity contribution >= 4 is 51.5 Å². The van der Waals surface area contributed by atoms with Gasteiger partial charge in [0.15, 0.2) is 11.5 Å². The molecule has 0 aliphatic carbocycles. The Morgan fingerprint density at radius 3 is 2.42 bits per heavy atom. The van der Waals surface area contributed by atoms with E-state index in [9.17, 15) is 22.8 Å². The van der Waals surface area contributed by atoms with E-state index in [1.807, 2.05) is 0 Å². The summed E-state index contributed by atoms with van der Waals surface area (Å²) in [4.78, 5) is 30.3. The second-order valence-corrected chi connectivity index (χ2v) is 8.83. The van der Waals surface area contributed by atoms with Crippen molar-refractivity contribution in [2.75, 3.05) is 5.32 Å². The molecule has 0 bridgehead atoms. The van der Waals surface area contributed by atoms with Crippen molar-refractivity contribution in [3.05, 3.63) is 81.7 Å². The Hall–Kier alpha value is -3.63. The molecule has 0 aliphatic heterocycles. The van der Waals surface area contributed by atoms with Crippen molar-refractivity contribution in [3.63, 3.8) is 0 Å². The van der Waals surface area contributed by atoms with Crippen LogP contribution in [-0.2, 0) is 6.18 Å². The summed E-state index contributed by atoms with van der Waals surface area (Å²) in [6.45, 7) is 3.51. The summed E-state index contributed by atoms with van der Waals surface area (Å²) in [6, 6.07) is 11.7. The maximum absolute atomic E-state index is 13.5. The normalized spacial score (nSPS) is 11.7. The van der Waals surface area contributed by atoms with Crippen LogP contribution in [0.3, 0.4) is 0 Å². The van der Waals surface area contributed by atoms with Crippen molar-refractivity contribution in [2.24, 2.45) is 0 Å². The number of carbonyl (C=O) groups is 2. The first-order valence-electron chi connectivity index (χ1n) is 10.6. The van der Waals surface area contributed by atoms with Gasteiger partial charge in [-0.2, -0.15) is 18.3 Å². The maximum atomic E-state index is 13.5. The summed E-state index contributed by atoms with van der Waals surface area (Å²) in [5.74, 6) is -1.71. The largest absolute Gasteiger partial charge is 0.435 e. The van der Waals surface area contributed by atoms with Crippen LogP contribution in [0.25, 0.3) is 16.6 Å². The fourth-order valence-electron chi connectivity index (χ4n) is 3.50. The van der Waals surface area contributed by atoms with Crippen LogP contribution in [0, 0.1) is 0 Å². The zero-order chi connectivity index (χ0) is 26.2. The second kappa shape index (κ2) is 9.79. The highest BCUT2D eigenvalue weighted by Gasteiger charge is 2.37. The number of aromatic nitrogens is 3. The molecule has 2 heterocycles. The zero-order valence-corrected chi connectivity index (χ0v) is 20.3. The van der Waals surface area contributed by atoms with Crippen LogP contribution in [0.5, 0.6) is 0 Å². The number of nitrogens with zero attached hydrogens (tertiary/aromatic N) is 3. The minimum Gasteiger partial charge on any atom is -0.350 e. The van der Waals surface area contributed by atoms with Crippen molar-refractivity contribution in [3.8, 4) is 5.82 Å². The summed E-state index contributed by atoms with van der Waals surface area (Å²) in [5, 5.41) is 9.95. The first-order chi connectivity index (χ1) is 17.0. The van der Waals surface area contributed by atoms with Crippen LogP contribution >= 0.6 is 23.2 Å². The van der Waals surface area contributed by atoms with Crippen LogP contribution in [-0.4, -0.2) is 32.6 Å². The molecule has 12 heteroatoms. The number of nitrogens with one attached hydrogen (secondary N) is 2. The van der Waals surface area contributed by atoms with Gasteiger partial charge in [0.05, 0.1) is 21.3 Å². The van der Waals surface area contributed by atoms with E-state index in [0.717, 1.165) is 0 Å². The van der Waals surface area contributed by atoms with Gasteiger partial charge in [0.2, 0.25) is 0 Å². The lowest BCUT2D eigenvalue weighted by Gasteiger charge is -2.17. The fourth-order valence-corrected chi connectivity index (χ4v) is 4.02. The molecule has 0 atom stereocenters. The van der Waals surface area contributed by atoms with E-state index in [0.29, 0.717) is 21.5 Å². The summed E-state index contributed by atoms with van der Waals surface area (Å²) in [5.41, 5.74) is -1.86. The van der Waals surface area contributed by atoms with Crippen molar-refractivity contribution in [1.82, 2.24) is 20.1 Å². The molecular formula is C24H18Cl2F3N5O2. The summed E-state index contributed by atoms with van der Waals surface area (Å²) in [7, 11) is 0. The first kappa shape index (κ1) is 25.5. The molecule has 2 N–H and O–H groups in total. The number of carbonyl (C=O) groups excluding carboxylic acids is 2. The van der Waals surface area contributed by atoms with Crippen LogP contribution in [0.4, 0.5) is 18.9 Å². The third-order valence-corrected chi connectivity index (χ3v) is 5.75. The zero-order valence-electron chi connectivity index (χ0n) is 18.8. The molecule has 2 aromatic carbocycles. The number of fused-ring (bicyclic) bond motifs is 1. The SMILES string of the molecule is CC(C)NC(=O)c1cc2ccccc2c(Cl)c1NC(=O)c1cc(C(F)(F)F)nn1-c1ncccc1Cl. The van der Waals surface area contributed by atoms with E-state index in [2.05, 4.69) is 20.7 Å². The predicted molar refractivity (Wildman–Crippen MR) is 131 cm³/mol. The number of hydrogen-bond acceptors (Lipinski definition) is 4. The standard InChI is InChI=1S/C24H18Cl2F3N5O2/c1-12(2)31-22(35)15-10-13-6-3-4-7-14(13)19(26)20(15)32-23(36)17-11-18(24(27,28)29)33-34(17)21-16(25)8-5-9-30-21/h3-12H,1-2H3,(H,31,35)(H,32,36). The van der Waals surface area contributed by atoms with Gasteiger partial charge >= 0.3 is 6.18 Å². The van der Waals surface area contributed by atoms with Crippen LogP contribution < -0.4 is 10.6 Å². The Bertz CT molecular complexity index is 1480. The van der Waals surface area contributed by atoms with E-state index in [1.54, 1.807) is 44.2 Å². The molecule has 4 rings (SSSR count). The number of amides is 2. The molecule has 0 saturated carbocycles. The quantitative estimate of drug-likeness (QED) is 0.321. The van der Waals surface area contributed by atoms with Crippen LogP contribution in [0.1, 0.15) is 40.4 Å². The highest BCUT2D eigenvalue weighted by Crippen LogP contribution is 2.36. The monoisotopic (exact) mass is 535 g/mol. The number of rotatable bonds is 5. The van der Waals surface area contributed by atoms with Gasteiger partial charge in [-0.25, -0.2) is 9.67 Å². The van der Waals surface area contributed by atoms with Gasteiger partial charge in [-0.1, -0.05) is 47.5 Å². The van der Waals surface area contributed by atoms with Gasteiger partial charge in [0.25, 0.3) is 11.8 Å². The summed E-state index contributed by atoms with van der Waals surface area (Å²) < 4.78 is 41.1. The van der Waals surface area contributed by atoms with Gasteiger partial charge in [-0.15, -0.1) is 0 Å². The number of hydrogen-bond donors (Lipinski definition) is 2. The van der Waals surface area contributed by atoms with Crippen molar-refractivity contribution < 1.29 is 22.8 Å². The highest BCUT2D eigenvalue weighted by atomic mass is 35.5. The van der Waals surface area contributed by atoms with E-state index in [-0.39, 0.29) is 33.2 Å². The molecule has 4 aromatic rings. The molecule has 2 amide bonds. The summed E-state index contributed by atoms with van der Waals surface area (Å²) in [6.07, 6.45) is -3.54. The molecule has 36 heavy (non-hydrogen) atoms. The number of halogens is 5. The molecule has 0 spiro atoms. The Morgan fingerprint density at radius 2 is 1.75 bits per heavy atom. The van der Waals surface area contributed by atoms with E-state index in [4.69, 9.17) is 23.2 Å². The number of anilines is 1.